The predicted molar refractivity (Wildman–Crippen MR) is 48.3 cm³/mol. The second kappa shape index (κ2) is 4.06. The van der Waals surface area contributed by atoms with Gasteiger partial charge in [-0.1, -0.05) is 13.3 Å². The molecule has 2 nitrogen and oxygen atoms in total. The van der Waals surface area contributed by atoms with E-state index in [2.05, 4.69) is 36.1 Å². The van der Waals surface area contributed by atoms with Crippen molar-refractivity contribution in [1.29, 1.82) is 0 Å². The zero-order chi connectivity index (χ0) is 8.10. The molecule has 0 unspecified atom stereocenters. The Morgan fingerprint density at radius 2 is 1.91 bits per heavy atom. The molecule has 2 heteroatoms. The fourth-order valence-electron chi connectivity index (χ4n) is 1.06. The molecule has 11 heavy (non-hydrogen) atoms. The first-order valence-corrected chi connectivity index (χ1v) is 4.19. The van der Waals surface area contributed by atoms with Gasteiger partial charge in [-0.25, -0.2) is 0 Å². The van der Waals surface area contributed by atoms with E-state index in [4.69, 9.17) is 0 Å². The highest BCUT2D eigenvalue weighted by Crippen LogP contribution is 1.94. The van der Waals surface area contributed by atoms with E-state index < -0.39 is 0 Å². The number of aromatic nitrogens is 1. The van der Waals surface area contributed by atoms with Crippen LogP contribution in [0.1, 0.15) is 19.8 Å². The van der Waals surface area contributed by atoms with Crippen LogP contribution in [-0.4, -0.2) is 18.3 Å². The number of hydrogen-bond donors (Lipinski definition) is 0. The van der Waals surface area contributed by atoms with Crippen molar-refractivity contribution in [2.75, 3.05) is 18.6 Å². The van der Waals surface area contributed by atoms with Crippen molar-refractivity contribution in [3.8, 4) is 0 Å². The lowest BCUT2D eigenvalue weighted by molar-refractivity contribution is 0.618. The van der Waals surface area contributed by atoms with Crippen molar-refractivity contribution < 1.29 is 0 Å². The Hall–Kier alpha value is -0.920. The van der Waals surface area contributed by atoms with Gasteiger partial charge in [-0.2, -0.15) is 0 Å². The van der Waals surface area contributed by atoms with Gasteiger partial charge in [-0.05, 0) is 18.6 Å². The standard InChI is InChI=1S/C9H16N2/c1-3-4-7-10(2)11-8-5-6-9-11/h5-6,8-9H,3-4,7H2,1-2H3. The van der Waals surface area contributed by atoms with E-state index >= 15 is 0 Å². The molecular weight excluding hydrogens is 136 g/mol. The van der Waals surface area contributed by atoms with Gasteiger partial charge in [0.25, 0.3) is 0 Å². The van der Waals surface area contributed by atoms with Crippen molar-refractivity contribution in [1.82, 2.24) is 4.68 Å². The van der Waals surface area contributed by atoms with Crippen molar-refractivity contribution in [2.45, 2.75) is 19.8 Å². The van der Waals surface area contributed by atoms with E-state index in [-0.39, 0.29) is 0 Å². The Morgan fingerprint density at radius 1 is 1.27 bits per heavy atom. The molecule has 0 bridgehead atoms. The minimum atomic E-state index is 1.13. The first kappa shape index (κ1) is 8.18. The molecule has 1 aromatic rings. The van der Waals surface area contributed by atoms with Gasteiger partial charge in [0.15, 0.2) is 0 Å². The summed E-state index contributed by atoms with van der Waals surface area (Å²) in [5.74, 6) is 0. The van der Waals surface area contributed by atoms with Crippen LogP contribution in [0, 0.1) is 0 Å². The van der Waals surface area contributed by atoms with E-state index in [1.807, 2.05) is 12.1 Å². The number of unbranched alkanes of at least 4 members (excludes halogenated alkanes) is 1. The molecule has 0 amide bonds. The first-order valence-electron chi connectivity index (χ1n) is 4.19. The summed E-state index contributed by atoms with van der Waals surface area (Å²) in [5, 5.41) is 2.21. The third-order valence-corrected chi connectivity index (χ3v) is 1.82. The Morgan fingerprint density at radius 3 is 2.45 bits per heavy atom. The van der Waals surface area contributed by atoms with Crippen LogP contribution in [-0.2, 0) is 0 Å². The minimum absolute atomic E-state index is 1.13. The quantitative estimate of drug-likeness (QED) is 0.639. The van der Waals surface area contributed by atoms with Crippen LogP contribution in [0.4, 0.5) is 0 Å². The normalized spacial score (nSPS) is 10.0. The minimum Gasteiger partial charge on any atom is -0.316 e. The molecule has 0 N–H and O–H groups in total. The number of rotatable bonds is 4. The summed E-state index contributed by atoms with van der Waals surface area (Å²) < 4.78 is 2.11. The molecule has 0 aliphatic carbocycles. The van der Waals surface area contributed by atoms with Crippen LogP contribution in [0.3, 0.4) is 0 Å². The summed E-state index contributed by atoms with van der Waals surface area (Å²) in [5.41, 5.74) is 0. The summed E-state index contributed by atoms with van der Waals surface area (Å²) in [6.07, 6.45) is 6.64. The highest BCUT2D eigenvalue weighted by Gasteiger charge is 1.94. The molecule has 0 radical (unpaired) electrons. The van der Waals surface area contributed by atoms with E-state index in [1.54, 1.807) is 0 Å². The molecule has 0 aromatic carbocycles. The molecule has 1 heterocycles. The second-order valence-corrected chi connectivity index (χ2v) is 2.80. The monoisotopic (exact) mass is 152 g/mol. The molecular formula is C9H16N2. The maximum absolute atomic E-state index is 2.21. The molecule has 0 spiro atoms. The highest BCUT2D eigenvalue weighted by molar-refractivity contribution is 4.95. The van der Waals surface area contributed by atoms with Crippen molar-refractivity contribution in [2.24, 2.45) is 0 Å². The first-order chi connectivity index (χ1) is 5.34. The van der Waals surface area contributed by atoms with Gasteiger partial charge in [0, 0.05) is 26.0 Å². The third-order valence-electron chi connectivity index (χ3n) is 1.82. The zero-order valence-corrected chi connectivity index (χ0v) is 7.33. The molecule has 0 fully saturated rings. The Labute approximate surface area is 68.4 Å². The van der Waals surface area contributed by atoms with Gasteiger partial charge < -0.3 is 5.01 Å². The van der Waals surface area contributed by atoms with Crippen LogP contribution in [0.2, 0.25) is 0 Å². The molecule has 0 atom stereocenters. The van der Waals surface area contributed by atoms with Crippen molar-refractivity contribution in [3.05, 3.63) is 24.5 Å². The fraction of sp³-hybridized carbons (Fsp3) is 0.556. The zero-order valence-electron chi connectivity index (χ0n) is 7.33. The Kier molecular flexibility index (Phi) is 3.02. The maximum atomic E-state index is 2.21. The van der Waals surface area contributed by atoms with Gasteiger partial charge in [-0.3, -0.25) is 4.68 Å². The third kappa shape index (κ3) is 2.30. The molecule has 1 rings (SSSR count). The van der Waals surface area contributed by atoms with E-state index in [9.17, 15) is 0 Å². The summed E-state index contributed by atoms with van der Waals surface area (Å²) in [4.78, 5) is 0. The molecule has 0 saturated heterocycles. The highest BCUT2D eigenvalue weighted by atomic mass is 15.5. The van der Waals surface area contributed by atoms with Crippen molar-refractivity contribution in [3.63, 3.8) is 0 Å². The Balaban J connectivity index is 2.36. The Bertz CT molecular complexity index is 179. The predicted octanol–water partition coefficient (Wildman–Crippen LogP) is 1.86. The maximum Gasteiger partial charge on any atom is 0.0341 e. The average molecular weight is 152 g/mol. The topological polar surface area (TPSA) is 8.17 Å². The summed E-state index contributed by atoms with van der Waals surface area (Å²) >= 11 is 0. The SMILES string of the molecule is CCCCN(C)n1cccc1. The lowest BCUT2D eigenvalue weighted by Gasteiger charge is -2.19. The number of hydrogen-bond acceptors (Lipinski definition) is 1. The summed E-state index contributed by atoms with van der Waals surface area (Å²) in [6.45, 7) is 3.34. The van der Waals surface area contributed by atoms with Gasteiger partial charge in [0.05, 0.1) is 0 Å². The molecule has 62 valence electrons. The van der Waals surface area contributed by atoms with Crippen LogP contribution in [0.5, 0.6) is 0 Å². The van der Waals surface area contributed by atoms with E-state index in [1.165, 1.54) is 12.8 Å². The molecule has 0 saturated carbocycles. The lowest BCUT2D eigenvalue weighted by Crippen LogP contribution is -2.29. The average Bonchev–Trinajstić information content (AvgIpc) is 2.52. The summed E-state index contributed by atoms with van der Waals surface area (Å²) in [6, 6.07) is 4.09. The van der Waals surface area contributed by atoms with Gasteiger partial charge in [-0.15, -0.1) is 0 Å². The van der Waals surface area contributed by atoms with Crippen LogP contribution < -0.4 is 5.01 Å². The number of nitrogens with zero attached hydrogens (tertiary/aromatic N) is 2. The fourth-order valence-corrected chi connectivity index (χ4v) is 1.06. The second-order valence-electron chi connectivity index (χ2n) is 2.80. The van der Waals surface area contributed by atoms with E-state index in [0.717, 1.165) is 6.54 Å². The van der Waals surface area contributed by atoms with Gasteiger partial charge in [0.2, 0.25) is 0 Å². The van der Waals surface area contributed by atoms with Crippen LogP contribution >= 0.6 is 0 Å². The largest absolute Gasteiger partial charge is 0.316 e. The van der Waals surface area contributed by atoms with Crippen LogP contribution in [0.25, 0.3) is 0 Å². The van der Waals surface area contributed by atoms with E-state index in [0.29, 0.717) is 0 Å². The molecule has 0 aliphatic rings. The molecule has 0 aliphatic heterocycles. The lowest BCUT2D eigenvalue weighted by atomic mass is 10.3. The van der Waals surface area contributed by atoms with Gasteiger partial charge in [0.1, 0.15) is 0 Å². The summed E-state index contributed by atoms with van der Waals surface area (Å²) in [7, 11) is 2.11. The smallest absolute Gasteiger partial charge is 0.0341 e. The van der Waals surface area contributed by atoms with Crippen LogP contribution in [0.15, 0.2) is 24.5 Å². The van der Waals surface area contributed by atoms with Crippen molar-refractivity contribution >= 4 is 0 Å². The van der Waals surface area contributed by atoms with Gasteiger partial charge >= 0.3 is 0 Å². The molecule has 1 aromatic heterocycles.